The highest BCUT2D eigenvalue weighted by Crippen LogP contribution is 2.38. The first-order valence-electron chi connectivity index (χ1n) is 15.1. The van der Waals surface area contributed by atoms with Crippen molar-refractivity contribution >= 4 is 41.0 Å². The first-order valence-corrected chi connectivity index (χ1v) is 15.1. The summed E-state index contributed by atoms with van der Waals surface area (Å²) in [6.45, 7) is 6.87. The normalized spacial score (nSPS) is 11.2. The standard InChI is InChI=1S/C37H38N4O8/c1-22-13-18-27(21-28(22)39-33(43)25-16-14-24(15-17-25)31(42)23-11-9-8-10-12-23)38-35(41-36(45)49-37(2,3)4)40-34(44)26-19-29(46-5)32(48-7)30(20-26)47-6/h8-21H,1-7H3,(H,39,43)(H2,38,40,41,44,45). The third-order valence-corrected chi connectivity index (χ3v) is 6.95. The molecule has 0 spiro atoms. The van der Waals surface area contributed by atoms with E-state index in [0.29, 0.717) is 33.8 Å². The van der Waals surface area contributed by atoms with Gasteiger partial charge in [-0.2, -0.15) is 0 Å². The molecular formula is C37H38N4O8. The van der Waals surface area contributed by atoms with Crippen LogP contribution in [0.2, 0.25) is 0 Å². The fraction of sp³-hybridized carbons (Fsp3) is 0.216. The van der Waals surface area contributed by atoms with Gasteiger partial charge >= 0.3 is 6.09 Å². The van der Waals surface area contributed by atoms with Crippen LogP contribution < -0.4 is 30.2 Å². The smallest absolute Gasteiger partial charge is 0.437 e. The summed E-state index contributed by atoms with van der Waals surface area (Å²) >= 11 is 0. The topological polar surface area (TPSA) is 154 Å². The maximum absolute atomic E-state index is 13.4. The Morgan fingerprint density at radius 1 is 0.653 bits per heavy atom. The van der Waals surface area contributed by atoms with Gasteiger partial charge in [0.05, 0.1) is 21.3 Å². The molecule has 0 fully saturated rings. The van der Waals surface area contributed by atoms with Gasteiger partial charge in [0.2, 0.25) is 11.7 Å². The lowest BCUT2D eigenvalue weighted by atomic mass is 10.0. The van der Waals surface area contributed by atoms with Gasteiger partial charge in [0.1, 0.15) is 5.60 Å². The number of aryl methyl sites for hydroxylation is 1. The number of ether oxygens (including phenoxy) is 4. The molecule has 3 amide bonds. The average molecular weight is 667 g/mol. The SMILES string of the molecule is COc1cc(C(=O)N/C(=N\C(=O)OC(C)(C)C)Nc2ccc(C)c(NC(=O)c3ccc(C(=O)c4ccccc4)cc3)c2)cc(OC)c1OC. The van der Waals surface area contributed by atoms with Crippen LogP contribution in [0, 0.1) is 6.92 Å². The minimum Gasteiger partial charge on any atom is -0.493 e. The van der Waals surface area contributed by atoms with Crippen LogP contribution in [-0.4, -0.2) is 56.6 Å². The molecule has 0 saturated heterocycles. The number of benzene rings is 4. The summed E-state index contributed by atoms with van der Waals surface area (Å²) in [5, 5.41) is 8.40. The molecule has 49 heavy (non-hydrogen) atoms. The molecule has 0 saturated carbocycles. The van der Waals surface area contributed by atoms with E-state index < -0.39 is 23.5 Å². The third-order valence-electron chi connectivity index (χ3n) is 6.95. The van der Waals surface area contributed by atoms with Gasteiger partial charge < -0.3 is 29.6 Å². The van der Waals surface area contributed by atoms with Crippen LogP contribution in [-0.2, 0) is 4.74 Å². The number of aliphatic imine (C=N–C) groups is 1. The van der Waals surface area contributed by atoms with Gasteiger partial charge in [-0.3, -0.25) is 19.7 Å². The number of methoxy groups -OCH3 is 3. The minimum absolute atomic E-state index is 0.126. The summed E-state index contributed by atoms with van der Waals surface area (Å²) in [7, 11) is 4.29. The number of guanidine groups is 1. The Labute approximate surface area is 284 Å². The fourth-order valence-corrected chi connectivity index (χ4v) is 4.55. The second kappa shape index (κ2) is 15.6. The van der Waals surface area contributed by atoms with Gasteiger partial charge in [-0.05, 0) is 69.7 Å². The monoisotopic (exact) mass is 666 g/mol. The van der Waals surface area contributed by atoms with E-state index in [-0.39, 0.29) is 28.8 Å². The zero-order valence-electron chi connectivity index (χ0n) is 28.3. The van der Waals surface area contributed by atoms with Crippen LogP contribution in [0.3, 0.4) is 0 Å². The Hall–Kier alpha value is -6.17. The quantitative estimate of drug-likeness (QED) is 0.101. The lowest BCUT2D eigenvalue weighted by Crippen LogP contribution is -2.37. The van der Waals surface area contributed by atoms with Crippen molar-refractivity contribution in [2.24, 2.45) is 4.99 Å². The molecule has 12 heteroatoms. The maximum atomic E-state index is 13.4. The lowest BCUT2D eigenvalue weighted by Gasteiger charge is -2.19. The van der Waals surface area contributed by atoms with Crippen molar-refractivity contribution in [3.8, 4) is 17.2 Å². The zero-order valence-corrected chi connectivity index (χ0v) is 28.3. The van der Waals surface area contributed by atoms with Gasteiger partial charge in [-0.25, -0.2) is 4.79 Å². The van der Waals surface area contributed by atoms with Crippen LogP contribution in [0.5, 0.6) is 17.2 Å². The highest BCUT2D eigenvalue weighted by Gasteiger charge is 2.21. The van der Waals surface area contributed by atoms with Gasteiger partial charge in [-0.15, -0.1) is 4.99 Å². The average Bonchev–Trinajstić information content (AvgIpc) is 3.08. The number of carbonyl (C=O) groups excluding carboxylic acids is 4. The van der Waals surface area contributed by atoms with Gasteiger partial charge in [0, 0.05) is 33.6 Å². The van der Waals surface area contributed by atoms with Gasteiger partial charge in [0.25, 0.3) is 11.8 Å². The summed E-state index contributed by atoms with van der Waals surface area (Å²) < 4.78 is 21.4. The first kappa shape index (κ1) is 35.7. The Morgan fingerprint density at radius 3 is 1.82 bits per heavy atom. The summed E-state index contributed by atoms with van der Waals surface area (Å²) in [5.74, 6) is -0.644. The van der Waals surface area contributed by atoms with Crippen LogP contribution in [0.4, 0.5) is 16.2 Å². The van der Waals surface area contributed by atoms with E-state index >= 15 is 0 Å². The number of carbonyl (C=O) groups is 4. The molecule has 12 nitrogen and oxygen atoms in total. The summed E-state index contributed by atoms with van der Waals surface area (Å²) in [5.41, 5.74) is 2.20. The van der Waals surface area contributed by atoms with Crippen LogP contribution >= 0.6 is 0 Å². The molecule has 0 aliphatic heterocycles. The van der Waals surface area contributed by atoms with Gasteiger partial charge in [0.15, 0.2) is 17.3 Å². The predicted octanol–water partition coefficient (Wildman–Crippen LogP) is 6.64. The second-order valence-electron chi connectivity index (χ2n) is 11.7. The molecular weight excluding hydrogens is 628 g/mol. The Balaban J connectivity index is 1.57. The molecule has 4 aromatic carbocycles. The van der Waals surface area contributed by atoms with Crippen molar-refractivity contribution in [3.05, 3.63) is 113 Å². The molecule has 4 rings (SSSR count). The number of amides is 3. The largest absolute Gasteiger partial charge is 0.493 e. The minimum atomic E-state index is -0.949. The molecule has 0 bridgehead atoms. The van der Waals surface area contributed by atoms with E-state index in [1.165, 1.54) is 33.5 Å². The van der Waals surface area contributed by atoms with E-state index in [0.717, 1.165) is 5.56 Å². The van der Waals surface area contributed by atoms with Crippen molar-refractivity contribution in [3.63, 3.8) is 0 Å². The van der Waals surface area contributed by atoms with Crippen molar-refractivity contribution in [1.82, 2.24) is 5.32 Å². The van der Waals surface area contributed by atoms with Crippen molar-refractivity contribution in [2.75, 3.05) is 32.0 Å². The Morgan fingerprint density at radius 2 is 1.24 bits per heavy atom. The Kier molecular flexibility index (Phi) is 11.4. The third kappa shape index (κ3) is 9.44. The number of hydrogen-bond donors (Lipinski definition) is 3. The van der Waals surface area contributed by atoms with Crippen LogP contribution in [0.1, 0.15) is 63.0 Å². The Bertz CT molecular complexity index is 1860. The van der Waals surface area contributed by atoms with Crippen molar-refractivity contribution in [2.45, 2.75) is 33.3 Å². The summed E-state index contributed by atoms with van der Waals surface area (Å²) in [4.78, 5) is 56.0. The molecule has 0 atom stereocenters. The van der Waals surface area contributed by atoms with E-state index in [9.17, 15) is 19.2 Å². The van der Waals surface area contributed by atoms with E-state index in [4.69, 9.17) is 18.9 Å². The highest BCUT2D eigenvalue weighted by molar-refractivity contribution is 6.13. The molecule has 0 aliphatic rings. The molecule has 0 heterocycles. The molecule has 0 aromatic heterocycles. The predicted molar refractivity (Wildman–Crippen MR) is 186 cm³/mol. The number of nitrogens with one attached hydrogen (secondary N) is 3. The molecule has 3 N–H and O–H groups in total. The van der Waals surface area contributed by atoms with Crippen molar-refractivity contribution in [1.29, 1.82) is 0 Å². The molecule has 0 radical (unpaired) electrons. The van der Waals surface area contributed by atoms with E-state index in [1.54, 1.807) is 87.5 Å². The lowest BCUT2D eigenvalue weighted by molar-refractivity contribution is 0.0603. The summed E-state index contributed by atoms with van der Waals surface area (Å²) in [6, 6.07) is 23.2. The number of ketones is 1. The molecule has 0 unspecified atom stereocenters. The zero-order chi connectivity index (χ0) is 35.7. The molecule has 4 aromatic rings. The molecule has 254 valence electrons. The van der Waals surface area contributed by atoms with Crippen LogP contribution in [0.15, 0.2) is 89.9 Å². The number of anilines is 2. The highest BCUT2D eigenvalue weighted by atomic mass is 16.6. The maximum Gasteiger partial charge on any atom is 0.437 e. The van der Waals surface area contributed by atoms with Crippen LogP contribution in [0.25, 0.3) is 0 Å². The fourth-order valence-electron chi connectivity index (χ4n) is 4.55. The van der Waals surface area contributed by atoms with Crippen molar-refractivity contribution < 1.29 is 38.1 Å². The summed E-state index contributed by atoms with van der Waals surface area (Å²) in [6.07, 6.45) is -0.949. The second-order valence-corrected chi connectivity index (χ2v) is 11.7. The van der Waals surface area contributed by atoms with E-state index in [1.807, 2.05) is 13.0 Å². The first-order chi connectivity index (χ1) is 23.3. The molecule has 0 aliphatic carbocycles. The number of nitrogens with zero attached hydrogens (tertiary/aromatic N) is 1. The van der Waals surface area contributed by atoms with Gasteiger partial charge in [-0.1, -0.05) is 48.5 Å². The number of rotatable bonds is 9. The number of hydrogen-bond acceptors (Lipinski definition) is 8. The van der Waals surface area contributed by atoms with E-state index in [2.05, 4.69) is 20.9 Å².